The number of methoxy groups -OCH3 is 1. The predicted molar refractivity (Wildman–Crippen MR) is 67.8 cm³/mol. The van der Waals surface area contributed by atoms with E-state index in [1.165, 1.54) is 19.2 Å². The molecular weight excluding hydrogens is 260 g/mol. The number of carbonyl (C=O) groups is 1. The van der Waals surface area contributed by atoms with E-state index in [1.54, 1.807) is 13.0 Å². The Morgan fingerprint density at radius 2 is 2.28 bits per heavy atom. The summed E-state index contributed by atoms with van der Waals surface area (Å²) in [5.74, 6) is -0.685. The fourth-order valence-corrected chi connectivity index (χ4v) is 1.50. The van der Waals surface area contributed by atoms with E-state index in [1.807, 2.05) is 0 Å². The van der Waals surface area contributed by atoms with Gasteiger partial charge in [-0.3, -0.25) is 14.9 Å². The summed E-state index contributed by atoms with van der Waals surface area (Å²) in [6, 6.07) is 4.37. The Bertz CT molecular complexity index is 464. The zero-order valence-corrected chi connectivity index (χ0v) is 10.7. The number of rotatable bonds is 5. The maximum Gasteiger partial charge on any atom is 0.310 e. The van der Waals surface area contributed by atoms with Crippen molar-refractivity contribution in [2.24, 2.45) is 5.92 Å². The second-order valence-electron chi connectivity index (χ2n) is 3.73. The Balaban J connectivity index is 2.71. The number of anilines is 1. The molecule has 1 rings (SSSR count). The number of carbonyl (C=O) groups excluding carboxylic acids is 1. The maximum absolute atomic E-state index is 11.2. The zero-order chi connectivity index (χ0) is 13.7. The number of ether oxygens (including phenoxy) is 1. The molecule has 0 bridgehead atoms. The minimum Gasteiger partial charge on any atom is -0.469 e. The third-order valence-corrected chi connectivity index (χ3v) is 2.68. The van der Waals surface area contributed by atoms with Gasteiger partial charge in [0, 0.05) is 18.3 Å². The van der Waals surface area contributed by atoms with Crippen LogP contribution in [-0.4, -0.2) is 24.5 Å². The molecule has 98 valence electrons. The molecule has 0 saturated heterocycles. The molecule has 0 saturated carbocycles. The summed E-state index contributed by atoms with van der Waals surface area (Å²) in [4.78, 5) is 21.3. The van der Waals surface area contributed by atoms with Crippen molar-refractivity contribution in [3.05, 3.63) is 33.3 Å². The van der Waals surface area contributed by atoms with E-state index in [0.29, 0.717) is 12.2 Å². The van der Waals surface area contributed by atoms with Gasteiger partial charge >= 0.3 is 5.97 Å². The first kappa shape index (κ1) is 14.2. The van der Waals surface area contributed by atoms with Crippen LogP contribution in [0.5, 0.6) is 0 Å². The van der Waals surface area contributed by atoms with Gasteiger partial charge in [-0.25, -0.2) is 0 Å². The molecule has 7 heteroatoms. The van der Waals surface area contributed by atoms with Crippen LogP contribution in [0.1, 0.15) is 6.92 Å². The average Bonchev–Trinajstić information content (AvgIpc) is 2.36. The highest BCUT2D eigenvalue weighted by molar-refractivity contribution is 6.32. The molecule has 0 heterocycles. The van der Waals surface area contributed by atoms with E-state index >= 15 is 0 Å². The summed E-state index contributed by atoms with van der Waals surface area (Å²) in [5, 5.41) is 13.7. The summed E-state index contributed by atoms with van der Waals surface area (Å²) in [6.07, 6.45) is 0. The van der Waals surface area contributed by atoms with Crippen molar-refractivity contribution in [1.82, 2.24) is 0 Å². The molecule has 1 aromatic carbocycles. The molecule has 1 unspecified atom stereocenters. The van der Waals surface area contributed by atoms with Crippen molar-refractivity contribution in [2.45, 2.75) is 6.92 Å². The molecule has 0 aliphatic rings. The van der Waals surface area contributed by atoms with Gasteiger partial charge in [-0.1, -0.05) is 18.5 Å². The summed E-state index contributed by atoms with van der Waals surface area (Å²) in [7, 11) is 1.31. The van der Waals surface area contributed by atoms with Crippen molar-refractivity contribution in [2.75, 3.05) is 19.0 Å². The smallest absolute Gasteiger partial charge is 0.310 e. The van der Waals surface area contributed by atoms with Crippen LogP contribution in [-0.2, 0) is 9.53 Å². The minimum absolute atomic E-state index is 0.0755. The van der Waals surface area contributed by atoms with Gasteiger partial charge in [-0.05, 0) is 12.1 Å². The Labute approximate surface area is 109 Å². The number of nitrogens with zero attached hydrogens (tertiary/aromatic N) is 1. The first-order chi connectivity index (χ1) is 8.45. The van der Waals surface area contributed by atoms with E-state index in [0.717, 1.165) is 0 Å². The second kappa shape index (κ2) is 6.20. The maximum atomic E-state index is 11.2. The topological polar surface area (TPSA) is 81.5 Å². The fourth-order valence-electron chi connectivity index (χ4n) is 1.32. The normalized spacial score (nSPS) is 11.7. The van der Waals surface area contributed by atoms with Crippen molar-refractivity contribution in [1.29, 1.82) is 0 Å². The van der Waals surface area contributed by atoms with Gasteiger partial charge in [0.15, 0.2) is 0 Å². The van der Waals surface area contributed by atoms with Gasteiger partial charge in [0.1, 0.15) is 5.02 Å². The highest BCUT2D eigenvalue weighted by atomic mass is 35.5. The van der Waals surface area contributed by atoms with E-state index in [-0.39, 0.29) is 22.6 Å². The standard InChI is InChI=1S/C11H13ClN2O4/c1-7(11(15)18-2)6-13-8-3-4-9(12)10(5-8)14(16)17/h3-5,7,13H,6H2,1-2H3. The van der Waals surface area contributed by atoms with Gasteiger partial charge in [-0.2, -0.15) is 0 Å². The lowest BCUT2D eigenvalue weighted by Crippen LogP contribution is -2.21. The van der Waals surface area contributed by atoms with E-state index in [2.05, 4.69) is 10.1 Å². The molecule has 0 radical (unpaired) electrons. The molecule has 0 amide bonds. The molecule has 0 aromatic heterocycles. The molecule has 1 N–H and O–H groups in total. The van der Waals surface area contributed by atoms with Gasteiger partial charge in [0.2, 0.25) is 0 Å². The third kappa shape index (κ3) is 3.59. The van der Waals surface area contributed by atoms with Crippen LogP contribution in [0.15, 0.2) is 18.2 Å². The van der Waals surface area contributed by atoms with E-state index in [9.17, 15) is 14.9 Å². The molecule has 0 aliphatic heterocycles. The molecule has 0 spiro atoms. The average molecular weight is 273 g/mol. The predicted octanol–water partition coefficient (Wildman–Crippen LogP) is 2.47. The van der Waals surface area contributed by atoms with Crippen LogP contribution >= 0.6 is 11.6 Å². The van der Waals surface area contributed by atoms with Crippen molar-refractivity contribution < 1.29 is 14.5 Å². The van der Waals surface area contributed by atoms with E-state index < -0.39 is 4.92 Å². The number of nitrogens with one attached hydrogen (secondary N) is 1. The highest BCUT2D eigenvalue weighted by Gasteiger charge is 2.15. The number of hydrogen-bond donors (Lipinski definition) is 1. The van der Waals surface area contributed by atoms with Crippen LogP contribution in [0.3, 0.4) is 0 Å². The zero-order valence-electron chi connectivity index (χ0n) is 9.97. The largest absolute Gasteiger partial charge is 0.469 e. The quantitative estimate of drug-likeness (QED) is 0.506. The SMILES string of the molecule is COC(=O)C(C)CNc1ccc(Cl)c([N+](=O)[O-])c1. The van der Waals surface area contributed by atoms with Crippen molar-refractivity contribution in [3.63, 3.8) is 0 Å². The van der Waals surface area contributed by atoms with Crippen LogP contribution in [0, 0.1) is 16.0 Å². The molecule has 0 fully saturated rings. The van der Waals surface area contributed by atoms with Gasteiger partial charge in [0.25, 0.3) is 5.69 Å². The first-order valence-electron chi connectivity index (χ1n) is 5.21. The number of esters is 1. The summed E-state index contributed by atoms with van der Waals surface area (Å²) in [5.41, 5.74) is 0.356. The Morgan fingerprint density at radius 3 is 2.83 bits per heavy atom. The molecule has 6 nitrogen and oxygen atoms in total. The highest BCUT2D eigenvalue weighted by Crippen LogP contribution is 2.27. The van der Waals surface area contributed by atoms with Crippen molar-refractivity contribution in [3.8, 4) is 0 Å². The third-order valence-electron chi connectivity index (χ3n) is 2.36. The Morgan fingerprint density at radius 1 is 1.61 bits per heavy atom. The van der Waals surface area contributed by atoms with Gasteiger partial charge in [0.05, 0.1) is 18.0 Å². The van der Waals surface area contributed by atoms with Crippen LogP contribution in [0.25, 0.3) is 0 Å². The number of halogens is 1. The number of hydrogen-bond acceptors (Lipinski definition) is 5. The Hall–Kier alpha value is -1.82. The van der Waals surface area contributed by atoms with Gasteiger partial charge < -0.3 is 10.1 Å². The first-order valence-corrected chi connectivity index (χ1v) is 5.59. The van der Waals surface area contributed by atoms with E-state index in [4.69, 9.17) is 11.6 Å². The molecule has 1 aromatic rings. The fraction of sp³-hybridized carbons (Fsp3) is 0.364. The van der Waals surface area contributed by atoms with Crippen LogP contribution in [0.4, 0.5) is 11.4 Å². The van der Waals surface area contributed by atoms with Crippen molar-refractivity contribution >= 4 is 28.9 Å². The lowest BCUT2D eigenvalue weighted by Gasteiger charge is -2.11. The van der Waals surface area contributed by atoms with Crippen LogP contribution in [0.2, 0.25) is 5.02 Å². The Kier molecular flexibility index (Phi) is 4.91. The number of nitro benzene ring substituents is 1. The number of nitro groups is 1. The van der Waals surface area contributed by atoms with Crippen LogP contribution < -0.4 is 5.32 Å². The minimum atomic E-state index is -0.558. The second-order valence-corrected chi connectivity index (χ2v) is 4.14. The summed E-state index contributed by atoms with van der Waals surface area (Å²) in [6.45, 7) is 2.02. The van der Waals surface area contributed by atoms with Gasteiger partial charge in [-0.15, -0.1) is 0 Å². The molecule has 18 heavy (non-hydrogen) atoms. The molecule has 0 aliphatic carbocycles. The monoisotopic (exact) mass is 272 g/mol. The summed E-state index contributed by atoms with van der Waals surface area (Å²) < 4.78 is 4.57. The lowest BCUT2D eigenvalue weighted by molar-refractivity contribution is -0.384. The number of benzene rings is 1. The lowest BCUT2D eigenvalue weighted by atomic mass is 10.2. The molecule has 1 atom stereocenters. The summed E-state index contributed by atoms with van der Waals surface area (Å²) >= 11 is 5.68. The molecular formula is C11H13ClN2O4.